The number of nitrogens with zero attached hydrogens (tertiary/aromatic N) is 2. The van der Waals surface area contributed by atoms with Crippen LogP contribution in [0.15, 0.2) is 30.6 Å². The Hall–Kier alpha value is -2.17. The summed E-state index contributed by atoms with van der Waals surface area (Å²) in [6.07, 6.45) is 3.79. The van der Waals surface area contributed by atoms with Gasteiger partial charge in [-0.05, 0) is 25.1 Å². The average molecular weight is 261 g/mol. The number of benzene rings is 1. The van der Waals surface area contributed by atoms with Gasteiger partial charge in [-0.15, -0.1) is 0 Å². The monoisotopic (exact) mass is 261 g/mol. The van der Waals surface area contributed by atoms with Gasteiger partial charge in [0.05, 0.1) is 26.1 Å². The van der Waals surface area contributed by atoms with Crippen LogP contribution in [0.4, 0.5) is 5.69 Å². The number of methoxy groups -OCH3 is 2. The Morgan fingerprint density at radius 2 is 2.11 bits per heavy atom. The first-order valence-corrected chi connectivity index (χ1v) is 6.24. The van der Waals surface area contributed by atoms with E-state index in [1.165, 1.54) is 0 Å². The van der Waals surface area contributed by atoms with Gasteiger partial charge in [0, 0.05) is 24.8 Å². The second kappa shape index (κ2) is 6.13. The van der Waals surface area contributed by atoms with E-state index < -0.39 is 0 Å². The molecule has 0 saturated heterocycles. The predicted octanol–water partition coefficient (Wildman–Crippen LogP) is 2.53. The van der Waals surface area contributed by atoms with E-state index in [1.54, 1.807) is 14.2 Å². The predicted molar refractivity (Wildman–Crippen MR) is 74.8 cm³/mol. The third-order valence-electron chi connectivity index (χ3n) is 2.93. The molecule has 102 valence electrons. The van der Waals surface area contributed by atoms with Crippen LogP contribution in [0.5, 0.6) is 11.5 Å². The van der Waals surface area contributed by atoms with Gasteiger partial charge in [-0.25, -0.2) is 0 Å². The maximum absolute atomic E-state index is 5.34. The summed E-state index contributed by atoms with van der Waals surface area (Å²) >= 11 is 0. The maximum Gasteiger partial charge on any atom is 0.124 e. The first kappa shape index (κ1) is 13.3. The van der Waals surface area contributed by atoms with Gasteiger partial charge in [-0.3, -0.25) is 4.68 Å². The van der Waals surface area contributed by atoms with Gasteiger partial charge in [0.15, 0.2) is 0 Å². The van der Waals surface area contributed by atoms with Crippen LogP contribution in [-0.2, 0) is 13.1 Å². The molecule has 5 heteroatoms. The molecule has 0 saturated carbocycles. The lowest BCUT2D eigenvalue weighted by molar-refractivity contribution is 0.399. The highest BCUT2D eigenvalue weighted by Crippen LogP contribution is 2.24. The van der Waals surface area contributed by atoms with Crippen molar-refractivity contribution in [1.29, 1.82) is 0 Å². The highest BCUT2D eigenvalue weighted by Gasteiger charge is 2.05. The van der Waals surface area contributed by atoms with Crippen LogP contribution in [0.1, 0.15) is 12.5 Å². The van der Waals surface area contributed by atoms with Gasteiger partial charge in [0.1, 0.15) is 11.5 Å². The fourth-order valence-corrected chi connectivity index (χ4v) is 1.85. The first-order chi connectivity index (χ1) is 9.26. The molecule has 0 atom stereocenters. The van der Waals surface area contributed by atoms with Crippen LogP contribution in [0.25, 0.3) is 0 Å². The summed E-state index contributed by atoms with van der Waals surface area (Å²) in [5.41, 5.74) is 2.04. The largest absolute Gasteiger partial charge is 0.497 e. The van der Waals surface area contributed by atoms with Crippen molar-refractivity contribution in [1.82, 2.24) is 9.78 Å². The van der Waals surface area contributed by atoms with Crippen LogP contribution < -0.4 is 14.8 Å². The van der Waals surface area contributed by atoms with E-state index in [9.17, 15) is 0 Å². The second-order valence-corrected chi connectivity index (χ2v) is 4.12. The van der Waals surface area contributed by atoms with Crippen molar-refractivity contribution in [3.8, 4) is 11.5 Å². The molecule has 0 aliphatic heterocycles. The molecule has 1 aromatic carbocycles. The lowest BCUT2D eigenvalue weighted by atomic mass is 10.2. The third-order valence-corrected chi connectivity index (χ3v) is 2.93. The molecule has 2 aromatic rings. The summed E-state index contributed by atoms with van der Waals surface area (Å²) in [6.45, 7) is 3.59. The first-order valence-electron chi connectivity index (χ1n) is 6.24. The van der Waals surface area contributed by atoms with Gasteiger partial charge in [0.2, 0.25) is 0 Å². The molecule has 5 nitrogen and oxygen atoms in total. The molecule has 0 spiro atoms. The number of ether oxygens (including phenoxy) is 2. The van der Waals surface area contributed by atoms with Gasteiger partial charge in [-0.1, -0.05) is 0 Å². The summed E-state index contributed by atoms with van der Waals surface area (Å²) in [5, 5.41) is 7.54. The minimum Gasteiger partial charge on any atom is -0.497 e. The highest BCUT2D eigenvalue weighted by molar-refractivity contribution is 5.45. The second-order valence-electron chi connectivity index (χ2n) is 4.12. The van der Waals surface area contributed by atoms with Crippen LogP contribution in [0.3, 0.4) is 0 Å². The normalized spacial score (nSPS) is 10.3. The summed E-state index contributed by atoms with van der Waals surface area (Å²) in [4.78, 5) is 0. The van der Waals surface area contributed by atoms with E-state index in [-0.39, 0.29) is 0 Å². The number of rotatable bonds is 6. The Morgan fingerprint density at radius 1 is 1.26 bits per heavy atom. The lowest BCUT2D eigenvalue weighted by Crippen LogP contribution is -2.01. The van der Waals surface area contributed by atoms with E-state index in [0.29, 0.717) is 6.54 Å². The molecule has 1 aromatic heterocycles. The van der Waals surface area contributed by atoms with E-state index in [4.69, 9.17) is 9.47 Å². The smallest absolute Gasteiger partial charge is 0.124 e. The molecule has 0 aliphatic rings. The summed E-state index contributed by atoms with van der Waals surface area (Å²) in [6, 6.07) is 5.76. The summed E-state index contributed by atoms with van der Waals surface area (Å²) < 4.78 is 12.5. The Kier molecular flexibility index (Phi) is 4.28. The van der Waals surface area contributed by atoms with Crippen LogP contribution in [0.2, 0.25) is 0 Å². The minimum atomic E-state index is 0.662. The van der Waals surface area contributed by atoms with E-state index in [0.717, 1.165) is 29.3 Å². The summed E-state index contributed by atoms with van der Waals surface area (Å²) in [5.74, 6) is 1.66. The molecule has 0 bridgehead atoms. The molecular weight excluding hydrogens is 242 g/mol. The molecule has 1 heterocycles. The Labute approximate surface area is 113 Å². The number of nitrogens with one attached hydrogen (secondary N) is 1. The molecule has 0 fully saturated rings. The minimum absolute atomic E-state index is 0.662. The van der Waals surface area contributed by atoms with Crippen molar-refractivity contribution in [2.75, 3.05) is 19.5 Å². The highest BCUT2D eigenvalue weighted by atomic mass is 16.5. The van der Waals surface area contributed by atoms with Gasteiger partial charge >= 0.3 is 0 Å². The molecular formula is C14H19N3O2. The molecule has 0 radical (unpaired) electrons. The van der Waals surface area contributed by atoms with Gasteiger partial charge < -0.3 is 14.8 Å². The Morgan fingerprint density at radius 3 is 2.74 bits per heavy atom. The standard InChI is InChI=1S/C14H19N3O2/c1-4-17-10-12(9-16-17)15-8-11-7-13(18-2)5-6-14(11)19-3/h5-7,9-10,15H,4,8H2,1-3H3. The van der Waals surface area contributed by atoms with E-state index in [1.807, 2.05) is 35.3 Å². The molecule has 1 N–H and O–H groups in total. The number of hydrogen-bond acceptors (Lipinski definition) is 4. The Bertz CT molecular complexity index is 537. The van der Waals surface area contributed by atoms with Crippen molar-refractivity contribution in [3.05, 3.63) is 36.2 Å². The van der Waals surface area contributed by atoms with Crippen molar-refractivity contribution in [3.63, 3.8) is 0 Å². The number of aromatic nitrogens is 2. The molecule has 19 heavy (non-hydrogen) atoms. The maximum atomic E-state index is 5.34. The Balaban J connectivity index is 2.09. The van der Waals surface area contributed by atoms with Gasteiger partial charge in [0.25, 0.3) is 0 Å². The van der Waals surface area contributed by atoms with Gasteiger partial charge in [-0.2, -0.15) is 5.10 Å². The molecule has 2 rings (SSSR count). The fourth-order valence-electron chi connectivity index (χ4n) is 1.85. The quantitative estimate of drug-likeness (QED) is 0.868. The topological polar surface area (TPSA) is 48.3 Å². The molecule has 0 aliphatic carbocycles. The zero-order valence-corrected chi connectivity index (χ0v) is 11.5. The fraction of sp³-hybridized carbons (Fsp3) is 0.357. The SMILES string of the molecule is CCn1cc(NCc2cc(OC)ccc2OC)cn1. The van der Waals surface area contributed by atoms with E-state index in [2.05, 4.69) is 17.3 Å². The van der Waals surface area contributed by atoms with Crippen LogP contribution in [-0.4, -0.2) is 24.0 Å². The van der Waals surface area contributed by atoms with Crippen molar-refractivity contribution >= 4 is 5.69 Å². The molecule has 0 amide bonds. The van der Waals surface area contributed by atoms with E-state index >= 15 is 0 Å². The number of anilines is 1. The number of aryl methyl sites for hydroxylation is 1. The lowest BCUT2D eigenvalue weighted by Gasteiger charge is -2.11. The molecule has 0 unspecified atom stereocenters. The van der Waals surface area contributed by atoms with Crippen LogP contribution in [0, 0.1) is 0 Å². The van der Waals surface area contributed by atoms with Crippen LogP contribution >= 0.6 is 0 Å². The third kappa shape index (κ3) is 3.19. The summed E-state index contributed by atoms with van der Waals surface area (Å²) in [7, 11) is 3.32. The zero-order chi connectivity index (χ0) is 13.7. The van der Waals surface area contributed by atoms with Crippen molar-refractivity contribution in [2.45, 2.75) is 20.0 Å². The van der Waals surface area contributed by atoms with Crippen molar-refractivity contribution in [2.24, 2.45) is 0 Å². The van der Waals surface area contributed by atoms with Crippen molar-refractivity contribution < 1.29 is 9.47 Å². The average Bonchev–Trinajstić information content (AvgIpc) is 2.92. The zero-order valence-electron chi connectivity index (χ0n) is 11.5. The number of hydrogen-bond donors (Lipinski definition) is 1.